The Bertz CT molecular complexity index is 760. The van der Waals surface area contributed by atoms with Crippen LogP contribution in [-0.4, -0.2) is 11.9 Å². The highest BCUT2D eigenvalue weighted by Gasteiger charge is 2.02. The summed E-state index contributed by atoms with van der Waals surface area (Å²) in [6.07, 6.45) is 2.62. The van der Waals surface area contributed by atoms with Gasteiger partial charge in [-0.05, 0) is 48.5 Å². The van der Waals surface area contributed by atoms with Gasteiger partial charge in [0.25, 0.3) is 0 Å². The summed E-state index contributed by atoms with van der Waals surface area (Å²) in [5, 5.41) is 5.03. The molecule has 118 valence electrons. The van der Waals surface area contributed by atoms with Crippen LogP contribution in [0.25, 0.3) is 6.08 Å². The number of amides is 3. The van der Waals surface area contributed by atoms with Gasteiger partial charge in [-0.3, -0.25) is 4.79 Å². The zero-order valence-corrected chi connectivity index (χ0v) is 13.4. The lowest BCUT2D eigenvalue weighted by molar-refractivity contribution is -0.111. The van der Waals surface area contributed by atoms with Gasteiger partial charge in [0.05, 0.1) is 0 Å². The van der Waals surface area contributed by atoms with E-state index in [9.17, 15) is 14.0 Å². The third-order valence-electron chi connectivity index (χ3n) is 2.79. The van der Waals surface area contributed by atoms with E-state index in [1.54, 1.807) is 36.4 Å². The van der Waals surface area contributed by atoms with E-state index in [-0.39, 0.29) is 0 Å². The fraction of sp³-hybridized carbons (Fsp3) is 0. The maximum atomic E-state index is 13.5. The SMILES string of the molecule is NC(=O)Nc1ccc(NC(=O)/C=C/c2cc(Br)ccc2F)cc1. The van der Waals surface area contributed by atoms with E-state index in [2.05, 4.69) is 26.6 Å². The molecule has 0 unspecified atom stereocenters. The number of anilines is 2. The first-order valence-electron chi connectivity index (χ1n) is 6.54. The van der Waals surface area contributed by atoms with E-state index in [0.717, 1.165) is 4.47 Å². The number of benzene rings is 2. The first kappa shape index (κ1) is 16.7. The fourth-order valence-corrected chi connectivity index (χ4v) is 2.15. The van der Waals surface area contributed by atoms with Crippen molar-refractivity contribution in [3.05, 3.63) is 64.4 Å². The molecular formula is C16H13BrFN3O2. The van der Waals surface area contributed by atoms with Crippen LogP contribution in [0.4, 0.5) is 20.6 Å². The number of nitrogens with two attached hydrogens (primary N) is 1. The molecule has 2 rings (SSSR count). The second-order valence-electron chi connectivity index (χ2n) is 4.56. The first-order chi connectivity index (χ1) is 10.9. The maximum absolute atomic E-state index is 13.5. The Morgan fingerprint density at radius 2 is 1.65 bits per heavy atom. The fourth-order valence-electron chi connectivity index (χ4n) is 1.77. The van der Waals surface area contributed by atoms with Gasteiger partial charge in [-0.2, -0.15) is 0 Å². The molecule has 0 saturated carbocycles. The summed E-state index contributed by atoms with van der Waals surface area (Å²) >= 11 is 3.24. The Morgan fingerprint density at radius 1 is 1.04 bits per heavy atom. The number of nitrogens with one attached hydrogen (secondary N) is 2. The number of carbonyl (C=O) groups excluding carboxylic acids is 2. The van der Waals surface area contributed by atoms with E-state index < -0.39 is 17.8 Å². The van der Waals surface area contributed by atoms with Crippen LogP contribution in [0.5, 0.6) is 0 Å². The minimum Gasteiger partial charge on any atom is -0.351 e. The van der Waals surface area contributed by atoms with Crippen molar-refractivity contribution in [3.8, 4) is 0 Å². The number of hydrogen-bond donors (Lipinski definition) is 3. The van der Waals surface area contributed by atoms with Gasteiger partial charge in [-0.15, -0.1) is 0 Å². The molecule has 0 radical (unpaired) electrons. The van der Waals surface area contributed by atoms with Crippen LogP contribution in [0.15, 0.2) is 53.0 Å². The van der Waals surface area contributed by atoms with Gasteiger partial charge < -0.3 is 16.4 Å². The Labute approximate surface area is 140 Å². The summed E-state index contributed by atoms with van der Waals surface area (Å²) in [6.45, 7) is 0. The van der Waals surface area contributed by atoms with Gasteiger partial charge in [0.2, 0.25) is 5.91 Å². The van der Waals surface area contributed by atoms with Gasteiger partial charge in [0, 0.05) is 27.5 Å². The molecule has 3 amide bonds. The van der Waals surface area contributed by atoms with Crippen LogP contribution in [0, 0.1) is 5.82 Å². The quantitative estimate of drug-likeness (QED) is 0.709. The Kier molecular flexibility index (Phi) is 5.48. The van der Waals surface area contributed by atoms with E-state index in [1.165, 1.54) is 18.2 Å². The van der Waals surface area contributed by atoms with Crippen LogP contribution >= 0.6 is 15.9 Å². The average molecular weight is 378 g/mol. The van der Waals surface area contributed by atoms with E-state index in [4.69, 9.17) is 5.73 Å². The van der Waals surface area contributed by atoms with Gasteiger partial charge in [0.1, 0.15) is 5.82 Å². The van der Waals surface area contributed by atoms with Crippen molar-refractivity contribution in [1.29, 1.82) is 0 Å². The zero-order chi connectivity index (χ0) is 16.8. The number of carbonyl (C=O) groups is 2. The minimum atomic E-state index is -0.666. The molecule has 0 fully saturated rings. The lowest BCUT2D eigenvalue weighted by Crippen LogP contribution is -2.19. The van der Waals surface area contributed by atoms with Crippen molar-refractivity contribution >= 4 is 45.3 Å². The average Bonchev–Trinajstić information content (AvgIpc) is 2.50. The lowest BCUT2D eigenvalue weighted by Gasteiger charge is -2.05. The number of primary amides is 1. The van der Waals surface area contributed by atoms with Crippen LogP contribution in [-0.2, 0) is 4.79 Å². The summed E-state index contributed by atoms with van der Waals surface area (Å²) in [5.41, 5.74) is 6.35. The van der Waals surface area contributed by atoms with Crippen molar-refractivity contribution in [2.45, 2.75) is 0 Å². The minimum absolute atomic E-state index is 0.301. The van der Waals surface area contributed by atoms with Crippen LogP contribution < -0.4 is 16.4 Å². The Hall–Kier alpha value is -2.67. The third kappa shape index (κ3) is 5.23. The molecular weight excluding hydrogens is 365 g/mol. The molecule has 0 atom stereocenters. The van der Waals surface area contributed by atoms with Gasteiger partial charge >= 0.3 is 6.03 Å². The standard InChI is InChI=1S/C16H13BrFN3O2/c17-11-2-7-14(18)10(9-11)1-8-15(22)20-12-3-5-13(6-4-12)21-16(19)23/h1-9H,(H,20,22)(H3,19,21,23)/b8-1+. The Balaban J connectivity index is 2.00. The largest absolute Gasteiger partial charge is 0.351 e. The van der Waals surface area contributed by atoms with Crippen molar-refractivity contribution in [2.24, 2.45) is 5.73 Å². The van der Waals surface area contributed by atoms with Crippen molar-refractivity contribution in [2.75, 3.05) is 10.6 Å². The summed E-state index contributed by atoms with van der Waals surface area (Å²) in [5.74, 6) is -0.820. The molecule has 7 heteroatoms. The number of rotatable bonds is 4. The summed E-state index contributed by atoms with van der Waals surface area (Å²) in [7, 11) is 0. The predicted octanol–water partition coefficient (Wildman–Crippen LogP) is 3.73. The highest BCUT2D eigenvalue weighted by atomic mass is 79.9. The smallest absolute Gasteiger partial charge is 0.316 e. The lowest BCUT2D eigenvalue weighted by atomic mass is 10.2. The predicted molar refractivity (Wildman–Crippen MR) is 91.4 cm³/mol. The maximum Gasteiger partial charge on any atom is 0.316 e. The normalized spacial score (nSPS) is 10.5. The summed E-state index contributed by atoms with van der Waals surface area (Å²) in [6, 6.07) is 10.2. The van der Waals surface area contributed by atoms with Gasteiger partial charge in [-0.1, -0.05) is 15.9 Å². The molecule has 0 spiro atoms. The molecule has 0 aliphatic rings. The van der Waals surface area contributed by atoms with Crippen molar-refractivity contribution in [1.82, 2.24) is 0 Å². The topological polar surface area (TPSA) is 84.2 Å². The Morgan fingerprint density at radius 3 is 2.26 bits per heavy atom. The molecule has 0 aromatic heterocycles. The first-order valence-corrected chi connectivity index (χ1v) is 7.34. The highest BCUT2D eigenvalue weighted by Crippen LogP contribution is 2.17. The van der Waals surface area contributed by atoms with E-state index >= 15 is 0 Å². The van der Waals surface area contributed by atoms with Crippen LogP contribution in [0.2, 0.25) is 0 Å². The summed E-state index contributed by atoms with van der Waals surface area (Å²) < 4.78 is 14.3. The number of halogens is 2. The zero-order valence-electron chi connectivity index (χ0n) is 11.8. The molecule has 2 aromatic rings. The highest BCUT2D eigenvalue weighted by molar-refractivity contribution is 9.10. The van der Waals surface area contributed by atoms with E-state index in [0.29, 0.717) is 16.9 Å². The molecule has 2 aromatic carbocycles. The molecule has 0 heterocycles. The third-order valence-corrected chi connectivity index (χ3v) is 3.29. The van der Waals surface area contributed by atoms with E-state index in [1.807, 2.05) is 0 Å². The van der Waals surface area contributed by atoms with Crippen LogP contribution in [0.3, 0.4) is 0 Å². The van der Waals surface area contributed by atoms with Crippen molar-refractivity contribution < 1.29 is 14.0 Å². The second kappa shape index (κ2) is 7.55. The van der Waals surface area contributed by atoms with Crippen LogP contribution in [0.1, 0.15) is 5.56 Å². The molecule has 0 saturated heterocycles. The molecule has 0 bridgehead atoms. The molecule has 23 heavy (non-hydrogen) atoms. The summed E-state index contributed by atoms with van der Waals surface area (Å²) in [4.78, 5) is 22.5. The van der Waals surface area contributed by atoms with Crippen molar-refractivity contribution in [3.63, 3.8) is 0 Å². The molecule has 0 aliphatic carbocycles. The molecule has 0 aliphatic heterocycles. The van der Waals surface area contributed by atoms with Gasteiger partial charge in [0.15, 0.2) is 0 Å². The monoisotopic (exact) mass is 377 g/mol. The second-order valence-corrected chi connectivity index (χ2v) is 5.47. The number of hydrogen-bond acceptors (Lipinski definition) is 2. The number of urea groups is 1. The molecule has 5 nitrogen and oxygen atoms in total. The molecule has 4 N–H and O–H groups in total. The van der Waals surface area contributed by atoms with Gasteiger partial charge in [-0.25, -0.2) is 9.18 Å².